The molecule has 10 N–H and O–H groups in total. The summed E-state index contributed by atoms with van der Waals surface area (Å²) in [6, 6.07) is 19.6. The van der Waals surface area contributed by atoms with Crippen LogP contribution in [0.2, 0.25) is 0 Å². The van der Waals surface area contributed by atoms with Gasteiger partial charge in [0, 0.05) is 28.8 Å². The first-order chi connectivity index (χ1) is 21.6. The molecule has 3 aromatic carbocycles. The van der Waals surface area contributed by atoms with Gasteiger partial charge in [0.15, 0.2) is 0 Å². The van der Waals surface area contributed by atoms with E-state index in [2.05, 4.69) is 27.8 Å². The summed E-state index contributed by atoms with van der Waals surface area (Å²) in [5.74, 6) is 3.65. The van der Waals surface area contributed by atoms with Crippen LogP contribution in [0, 0.1) is 11.8 Å². The van der Waals surface area contributed by atoms with E-state index in [1.165, 1.54) is 24.5 Å². The lowest BCUT2D eigenvalue weighted by Gasteiger charge is -2.21. The van der Waals surface area contributed by atoms with E-state index in [1.54, 1.807) is 36.4 Å². The van der Waals surface area contributed by atoms with Gasteiger partial charge in [-0.2, -0.15) is 0 Å². The number of hydrogen-bond donors (Lipinski definition) is 8. The maximum absolute atomic E-state index is 13.2. The van der Waals surface area contributed by atoms with Crippen molar-refractivity contribution in [3.63, 3.8) is 0 Å². The highest BCUT2D eigenvalue weighted by atomic mass is 16.5. The average Bonchev–Trinajstić information content (AvgIpc) is 3.05. The minimum Gasteiger partial charge on any atom is -0.391 e. The normalized spacial score (nSPS) is 13.2. The van der Waals surface area contributed by atoms with Crippen molar-refractivity contribution >= 4 is 29.3 Å². The Bertz CT molecular complexity index is 1500. The van der Waals surface area contributed by atoms with Gasteiger partial charge >= 0.3 is 0 Å². The Morgan fingerprint density at radius 1 is 0.822 bits per heavy atom. The van der Waals surface area contributed by atoms with Crippen LogP contribution >= 0.6 is 0 Å². The average molecular weight is 615 g/mol. The summed E-state index contributed by atoms with van der Waals surface area (Å²) in [6.45, 7) is 1.73. The molecule has 0 aliphatic carbocycles. The molecular weight excluding hydrogens is 576 g/mol. The molecule has 45 heavy (non-hydrogen) atoms. The van der Waals surface area contributed by atoms with Crippen molar-refractivity contribution in [2.75, 3.05) is 11.9 Å². The van der Waals surface area contributed by atoms with Crippen molar-refractivity contribution in [2.45, 2.75) is 50.4 Å². The second-order valence-electron chi connectivity index (χ2n) is 10.4. The molecule has 0 unspecified atom stereocenters. The molecule has 3 aromatic rings. The van der Waals surface area contributed by atoms with Crippen LogP contribution in [0.15, 0.2) is 78.9 Å². The zero-order chi connectivity index (χ0) is 32.8. The van der Waals surface area contributed by atoms with E-state index < -0.39 is 47.9 Å². The predicted molar refractivity (Wildman–Crippen MR) is 169 cm³/mol. The maximum atomic E-state index is 13.2. The third kappa shape index (κ3) is 10.9. The monoisotopic (exact) mass is 614 g/mol. The Morgan fingerprint density at radius 2 is 1.42 bits per heavy atom. The van der Waals surface area contributed by atoms with Crippen LogP contribution in [-0.2, 0) is 20.8 Å². The van der Waals surface area contributed by atoms with E-state index in [4.69, 9.17) is 16.7 Å². The molecule has 0 heterocycles. The van der Waals surface area contributed by atoms with E-state index in [0.717, 1.165) is 5.56 Å². The Hall–Kier alpha value is -5.06. The van der Waals surface area contributed by atoms with Crippen molar-refractivity contribution in [3.05, 3.63) is 101 Å². The minimum absolute atomic E-state index is 0.233. The van der Waals surface area contributed by atoms with Crippen molar-refractivity contribution in [2.24, 2.45) is 11.5 Å². The summed E-state index contributed by atoms with van der Waals surface area (Å²) in [4.78, 5) is 50.0. The largest absolute Gasteiger partial charge is 0.391 e. The molecular formula is C33H38N6O6. The lowest BCUT2D eigenvalue weighted by molar-refractivity contribution is -0.133. The second-order valence-corrected chi connectivity index (χ2v) is 10.4. The molecule has 4 amide bonds. The van der Waals surface area contributed by atoms with Crippen LogP contribution in [0.3, 0.4) is 0 Å². The number of aliphatic hydroxyl groups excluding tert-OH is 1. The van der Waals surface area contributed by atoms with Gasteiger partial charge in [0.25, 0.3) is 11.8 Å². The van der Waals surface area contributed by atoms with E-state index in [-0.39, 0.29) is 12.0 Å². The van der Waals surface area contributed by atoms with Gasteiger partial charge in [0.05, 0.1) is 12.1 Å². The number of anilines is 1. The van der Waals surface area contributed by atoms with Gasteiger partial charge in [-0.25, -0.2) is 5.48 Å². The lowest BCUT2D eigenvalue weighted by atomic mass is 10.0. The Kier molecular flexibility index (Phi) is 13.2. The van der Waals surface area contributed by atoms with Crippen LogP contribution in [-0.4, -0.2) is 64.7 Å². The zero-order valence-corrected chi connectivity index (χ0v) is 24.8. The SMILES string of the molecule is C[C@@H](O)[C@H](NC(=O)c1ccc(C#Cc2ccc(NC(=O)[C@H](Cc3ccccc3)NC(=O)[C@@H](N)CCCN)cc2)cc1)C(=O)NO. The standard InChI is InChI=1S/C33H38N6O6/c1-21(40)29(33(44)39-45)38-30(41)25-15-11-22(12-16-25)9-10-23-13-17-26(18-14-23)36-32(43)28(20-24-6-3-2-4-7-24)37-31(42)27(35)8-5-19-34/h2-4,6-7,11-18,21,27-29,40,45H,5,8,19-20,34-35H2,1H3,(H,36,43)(H,37,42)(H,38,41)(H,39,44)/t21-,27+,28+,29+/m1/s1. The van der Waals surface area contributed by atoms with Crippen LogP contribution in [0.25, 0.3) is 0 Å². The van der Waals surface area contributed by atoms with Crippen molar-refractivity contribution in [1.29, 1.82) is 0 Å². The van der Waals surface area contributed by atoms with E-state index in [1.807, 2.05) is 30.3 Å². The highest BCUT2D eigenvalue weighted by Gasteiger charge is 2.26. The summed E-state index contributed by atoms with van der Waals surface area (Å²) in [5, 5.41) is 26.5. The molecule has 0 radical (unpaired) electrons. The topological polar surface area (TPSA) is 209 Å². The quantitative estimate of drug-likeness (QED) is 0.0783. The number of nitrogens with one attached hydrogen (secondary N) is 4. The molecule has 3 rings (SSSR count). The molecule has 0 aromatic heterocycles. The van der Waals surface area contributed by atoms with Crippen molar-refractivity contribution < 1.29 is 29.5 Å². The first-order valence-electron chi connectivity index (χ1n) is 14.4. The molecule has 12 heteroatoms. The number of nitrogens with two attached hydrogens (primary N) is 2. The molecule has 0 bridgehead atoms. The van der Waals surface area contributed by atoms with Crippen LogP contribution in [0.1, 0.15) is 46.8 Å². The molecule has 0 spiro atoms. The maximum Gasteiger partial charge on any atom is 0.268 e. The number of hydrogen-bond acceptors (Lipinski definition) is 8. The van der Waals surface area contributed by atoms with Gasteiger partial charge in [-0.3, -0.25) is 24.4 Å². The Labute approximate surface area is 261 Å². The fourth-order valence-corrected chi connectivity index (χ4v) is 4.22. The molecule has 12 nitrogen and oxygen atoms in total. The fourth-order valence-electron chi connectivity index (χ4n) is 4.22. The summed E-state index contributed by atoms with van der Waals surface area (Å²) in [5.41, 5.74) is 15.8. The first kappa shape index (κ1) is 34.4. The number of rotatable bonds is 13. The highest BCUT2D eigenvalue weighted by molar-refractivity contribution is 5.98. The number of benzene rings is 3. The van der Waals surface area contributed by atoms with Gasteiger partial charge in [-0.1, -0.05) is 42.2 Å². The second kappa shape index (κ2) is 17.3. The Morgan fingerprint density at radius 3 is 1.98 bits per heavy atom. The summed E-state index contributed by atoms with van der Waals surface area (Å²) in [6.07, 6.45) is 0.0730. The molecule has 236 valence electrons. The fraction of sp³-hybridized carbons (Fsp3) is 0.273. The van der Waals surface area contributed by atoms with Gasteiger partial charge in [0.2, 0.25) is 11.8 Å². The number of carbonyl (C=O) groups excluding carboxylic acids is 4. The third-order valence-electron chi connectivity index (χ3n) is 6.78. The van der Waals surface area contributed by atoms with E-state index >= 15 is 0 Å². The van der Waals surface area contributed by atoms with Gasteiger partial charge in [-0.15, -0.1) is 0 Å². The predicted octanol–water partition coefficient (Wildman–Crippen LogP) is 0.803. The number of amides is 4. The van der Waals surface area contributed by atoms with Gasteiger partial charge in [0.1, 0.15) is 12.1 Å². The first-order valence-corrected chi connectivity index (χ1v) is 14.4. The Balaban J connectivity index is 1.64. The van der Waals surface area contributed by atoms with Gasteiger partial charge < -0.3 is 32.5 Å². The minimum atomic E-state index is -1.33. The van der Waals surface area contributed by atoms with Crippen molar-refractivity contribution in [3.8, 4) is 11.8 Å². The number of hydroxylamine groups is 1. The molecule has 0 saturated carbocycles. The van der Waals surface area contributed by atoms with E-state index in [9.17, 15) is 24.3 Å². The highest BCUT2D eigenvalue weighted by Crippen LogP contribution is 2.12. The molecule has 0 aliphatic heterocycles. The summed E-state index contributed by atoms with van der Waals surface area (Å²) >= 11 is 0. The summed E-state index contributed by atoms with van der Waals surface area (Å²) < 4.78 is 0. The third-order valence-corrected chi connectivity index (χ3v) is 6.78. The smallest absolute Gasteiger partial charge is 0.268 e. The number of aliphatic hydroxyl groups is 1. The number of carbonyl (C=O) groups is 4. The van der Waals surface area contributed by atoms with E-state index in [0.29, 0.717) is 36.2 Å². The molecule has 0 aliphatic rings. The zero-order valence-electron chi connectivity index (χ0n) is 24.8. The van der Waals surface area contributed by atoms with Crippen molar-refractivity contribution in [1.82, 2.24) is 16.1 Å². The lowest BCUT2D eigenvalue weighted by Crippen LogP contribution is -2.51. The van der Waals surface area contributed by atoms with Crippen LogP contribution in [0.5, 0.6) is 0 Å². The summed E-state index contributed by atoms with van der Waals surface area (Å²) in [7, 11) is 0. The van der Waals surface area contributed by atoms with Gasteiger partial charge in [-0.05, 0) is 80.4 Å². The van der Waals surface area contributed by atoms with Crippen LogP contribution < -0.4 is 32.9 Å². The molecule has 4 atom stereocenters. The molecule has 0 fully saturated rings. The van der Waals surface area contributed by atoms with Crippen LogP contribution in [0.4, 0.5) is 5.69 Å². The molecule has 0 saturated heterocycles.